The highest BCUT2D eigenvalue weighted by Crippen LogP contribution is 2.14. The summed E-state index contributed by atoms with van der Waals surface area (Å²) in [6.07, 6.45) is 0.828. The quantitative estimate of drug-likeness (QED) is 0.735. The van der Waals surface area contributed by atoms with Crippen LogP contribution in [0.25, 0.3) is 0 Å². The van der Waals surface area contributed by atoms with Gasteiger partial charge in [0.2, 0.25) is 0 Å². The van der Waals surface area contributed by atoms with Gasteiger partial charge in [-0.3, -0.25) is 4.79 Å². The predicted octanol–water partition coefficient (Wildman–Crippen LogP) is 1.95. The minimum Gasteiger partial charge on any atom is -0.481 e. The standard InChI is InChI=1S/C14H20N2O3/c1-3-10(2)16-14(19)15-9-12(13(17)18)11-7-5-4-6-8-11/h4-8,10,12H,3,9H2,1-2H3,(H,17,18)(H2,15,16,19). The molecule has 2 atom stereocenters. The van der Waals surface area contributed by atoms with Crippen molar-refractivity contribution in [1.82, 2.24) is 10.6 Å². The summed E-state index contributed by atoms with van der Waals surface area (Å²) < 4.78 is 0. The fourth-order valence-corrected chi connectivity index (χ4v) is 1.60. The van der Waals surface area contributed by atoms with Crippen molar-refractivity contribution in [1.29, 1.82) is 0 Å². The Morgan fingerprint density at radius 1 is 1.26 bits per heavy atom. The van der Waals surface area contributed by atoms with Gasteiger partial charge in [0.25, 0.3) is 0 Å². The maximum atomic E-state index is 11.6. The highest BCUT2D eigenvalue weighted by molar-refractivity contribution is 5.79. The number of aliphatic carboxylic acids is 1. The molecular formula is C14H20N2O3. The maximum absolute atomic E-state index is 11.6. The van der Waals surface area contributed by atoms with Crippen molar-refractivity contribution in [2.24, 2.45) is 0 Å². The summed E-state index contributed by atoms with van der Waals surface area (Å²) in [5, 5.41) is 14.5. The molecule has 0 aliphatic rings. The zero-order valence-corrected chi connectivity index (χ0v) is 11.2. The Labute approximate surface area is 113 Å². The van der Waals surface area contributed by atoms with Crippen molar-refractivity contribution in [2.75, 3.05) is 6.54 Å². The molecule has 0 aliphatic carbocycles. The highest BCUT2D eigenvalue weighted by atomic mass is 16.4. The van der Waals surface area contributed by atoms with E-state index in [1.165, 1.54) is 0 Å². The van der Waals surface area contributed by atoms with Crippen LogP contribution in [0.15, 0.2) is 30.3 Å². The van der Waals surface area contributed by atoms with E-state index in [2.05, 4.69) is 10.6 Å². The number of hydrogen-bond acceptors (Lipinski definition) is 2. The van der Waals surface area contributed by atoms with Crippen LogP contribution in [0.5, 0.6) is 0 Å². The van der Waals surface area contributed by atoms with Gasteiger partial charge < -0.3 is 15.7 Å². The van der Waals surface area contributed by atoms with Crippen LogP contribution in [-0.2, 0) is 4.79 Å². The van der Waals surface area contributed by atoms with E-state index < -0.39 is 11.9 Å². The van der Waals surface area contributed by atoms with Crippen molar-refractivity contribution in [3.63, 3.8) is 0 Å². The van der Waals surface area contributed by atoms with Gasteiger partial charge in [-0.2, -0.15) is 0 Å². The topological polar surface area (TPSA) is 78.4 Å². The highest BCUT2D eigenvalue weighted by Gasteiger charge is 2.20. The van der Waals surface area contributed by atoms with Gasteiger partial charge in [0.1, 0.15) is 0 Å². The lowest BCUT2D eigenvalue weighted by Crippen LogP contribution is -2.42. The van der Waals surface area contributed by atoms with Gasteiger partial charge in [0.15, 0.2) is 0 Å². The van der Waals surface area contributed by atoms with Gasteiger partial charge in [-0.15, -0.1) is 0 Å². The lowest BCUT2D eigenvalue weighted by atomic mass is 9.99. The molecule has 5 heteroatoms. The minimum absolute atomic E-state index is 0.0694. The largest absolute Gasteiger partial charge is 0.481 e. The molecule has 1 aromatic carbocycles. The fourth-order valence-electron chi connectivity index (χ4n) is 1.60. The van der Waals surface area contributed by atoms with Gasteiger partial charge in [-0.1, -0.05) is 37.3 Å². The normalized spacial score (nSPS) is 13.4. The molecule has 0 saturated carbocycles. The summed E-state index contributed by atoms with van der Waals surface area (Å²) in [5.41, 5.74) is 0.679. The van der Waals surface area contributed by atoms with E-state index in [0.29, 0.717) is 5.56 Å². The molecule has 0 aromatic heterocycles. The van der Waals surface area contributed by atoms with Crippen LogP contribution < -0.4 is 10.6 Å². The second-order valence-electron chi connectivity index (χ2n) is 4.47. The summed E-state index contributed by atoms with van der Waals surface area (Å²) >= 11 is 0. The molecule has 3 N–H and O–H groups in total. The van der Waals surface area contributed by atoms with Gasteiger partial charge in [-0.05, 0) is 18.9 Å². The Hall–Kier alpha value is -2.04. The SMILES string of the molecule is CCC(C)NC(=O)NCC(C(=O)O)c1ccccc1. The smallest absolute Gasteiger partial charge is 0.315 e. The van der Waals surface area contributed by atoms with E-state index in [-0.39, 0.29) is 18.6 Å². The lowest BCUT2D eigenvalue weighted by molar-refractivity contribution is -0.138. The average molecular weight is 264 g/mol. The molecule has 0 bridgehead atoms. The first kappa shape index (κ1) is 15.0. The number of benzene rings is 1. The number of carboxylic acids is 1. The number of rotatable bonds is 6. The van der Waals surface area contributed by atoms with Gasteiger partial charge in [0.05, 0.1) is 5.92 Å². The Bertz CT molecular complexity index is 420. The van der Waals surface area contributed by atoms with Crippen LogP contribution >= 0.6 is 0 Å². The van der Waals surface area contributed by atoms with Crippen molar-refractivity contribution in [3.05, 3.63) is 35.9 Å². The number of amides is 2. The Kier molecular flexibility index (Phi) is 5.85. The summed E-state index contributed by atoms with van der Waals surface area (Å²) in [6.45, 7) is 3.93. The molecule has 2 amide bonds. The third-order valence-electron chi connectivity index (χ3n) is 2.96. The van der Waals surface area contributed by atoms with Crippen molar-refractivity contribution >= 4 is 12.0 Å². The molecule has 0 radical (unpaired) electrons. The third kappa shape index (κ3) is 4.99. The molecule has 104 valence electrons. The van der Waals surface area contributed by atoms with Crippen molar-refractivity contribution in [3.8, 4) is 0 Å². The Balaban J connectivity index is 2.57. The molecule has 0 spiro atoms. The maximum Gasteiger partial charge on any atom is 0.315 e. The fraction of sp³-hybridized carbons (Fsp3) is 0.429. The van der Waals surface area contributed by atoms with Gasteiger partial charge in [0, 0.05) is 12.6 Å². The number of hydrogen-bond donors (Lipinski definition) is 3. The molecule has 5 nitrogen and oxygen atoms in total. The average Bonchev–Trinajstić information content (AvgIpc) is 2.39. The molecule has 1 rings (SSSR count). The molecule has 2 unspecified atom stereocenters. The molecular weight excluding hydrogens is 244 g/mol. The Morgan fingerprint density at radius 2 is 1.89 bits per heavy atom. The molecule has 0 aliphatic heterocycles. The first-order valence-electron chi connectivity index (χ1n) is 6.36. The number of carboxylic acid groups (broad SMARTS) is 1. The van der Waals surface area contributed by atoms with E-state index in [4.69, 9.17) is 0 Å². The van der Waals surface area contributed by atoms with Crippen LogP contribution in [-0.4, -0.2) is 29.7 Å². The van der Waals surface area contributed by atoms with Crippen molar-refractivity contribution < 1.29 is 14.7 Å². The molecule has 0 fully saturated rings. The van der Waals surface area contributed by atoms with Crippen LogP contribution in [0.1, 0.15) is 31.7 Å². The Morgan fingerprint density at radius 3 is 2.42 bits per heavy atom. The van der Waals surface area contributed by atoms with Crippen LogP contribution in [0.3, 0.4) is 0 Å². The molecule has 1 aromatic rings. The summed E-state index contributed by atoms with van der Waals surface area (Å²) in [7, 11) is 0. The zero-order valence-electron chi connectivity index (χ0n) is 11.2. The number of urea groups is 1. The second-order valence-corrected chi connectivity index (χ2v) is 4.47. The second kappa shape index (κ2) is 7.41. The van der Waals surface area contributed by atoms with Crippen molar-refractivity contribution in [2.45, 2.75) is 32.2 Å². The summed E-state index contributed by atoms with van der Waals surface area (Å²) in [6, 6.07) is 8.61. The van der Waals surface area contributed by atoms with Crippen LogP contribution in [0, 0.1) is 0 Å². The van der Waals surface area contributed by atoms with E-state index in [1.807, 2.05) is 19.9 Å². The summed E-state index contributed by atoms with van der Waals surface area (Å²) in [5.74, 6) is -1.68. The monoisotopic (exact) mass is 264 g/mol. The summed E-state index contributed by atoms with van der Waals surface area (Å²) in [4.78, 5) is 22.8. The number of carbonyl (C=O) groups excluding carboxylic acids is 1. The first-order chi connectivity index (χ1) is 9.04. The van der Waals surface area contributed by atoms with Crippen LogP contribution in [0.2, 0.25) is 0 Å². The predicted molar refractivity (Wildman–Crippen MR) is 73.1 cm³/mol. The lowest BCUT2D eigenvalue weighted by Gasteiger charge is -2.16. The van der Waals surface area contributed by atoms with E-state index >= 15 is 0 Å². The molecule has 0 heterocycles. The molecule has 19 heavy (non-hydrogen) atoms. The third-order valence-corrected chi connectivity index (χ3v) is 2.96. The minimum atomic E-state index is -0.949. The number of carbonyl (C=O) groups is 2. The zero-order chi connectivity index (χ0) is 14.3. The van der Waals surface area contributed by atoms with Crippen LogP contribution in [0.4, 0.5) is 4.79 Å². The van der Waals surface area contributed by atoms with Gasteiger partial charge >= 0.3 is 12.0 Å². The van der Waals surface area contributed by atoms with E-state index in [0.717, 1.165) is 6.42 Å². The number of nitrogens with one attached hydrogen (secondary N) is 2. The van der Waals surface area contributed by atoms with E-state index in [1.54, 1.807) is 24.3 Å². The van der Waals surface area contributed by atoms with E-state index in [9.17, 15) is 14.7 Å². The molecule has 0 saturated heterocycles. The van der Waals surface area contributed by atoms with Gasteiger partial charge in [-0.25, -0.2) is 4.79 Å². The first-order valence-corrected chi connectivity index (χ1v) is 6.36.